The minimum Gasteiger partial charge on any atom is -0.434 e. The number of hydrogen-bond acceptors (Lipinski definition) is 35. The second kappa shape index (κ2) is 52.8. The van der Waals surface area contributed by atoms with E-state index < -0.39 is 70.4 Å². The molecule has 18 aromatic rings. The van der Waals surface area contributed by atoms with Crippen molar-refractivity contribution in [2.45, 2.75) is 93.1 Å². The maximum atomic E-state index is 12.1. The summed E-state index contributed by atoms with van der Waals surface area (Å²) in [6, 6.07) is 80.9. The van der Waals surface area contributed by atoms with E-state index in [-0.39, 0.29) is 48.1 Å². The molecule has 0 fully saturated rings. The Morgan fingerprint density at radius 3 is 0.811 bits per heavy atom. The Kier molecular flexibility index (Phi) is 38.0. The van der Waals surface area contributed by atoms with Gasteiger partial charge < -0.3 is 83.9 Å². The smallest absolute Gasteiger partial charge is 0.434 e. The van der Waals surface area contributed by atoms with Crippen LogP contribution in [0, 0.1) is 11.8 Å². The molecule has 36 nitrogen and oxygen atoms in total. The highest BCUT2D eigenvalue weighted by atomic mass is 16.7. The molecule has 0 aliphatic heterocycles. The van der Waals surface area contributed by atoms with Crippen LogP contribution in [0.25, 0.3) is 134 Å². The second-order valence-electron chi connectivity index (χ2n) is 32.8. The van der Waals surface area contributed by atoms with Crippen molar-refractivity contribution in [2.75, 3.05) is 40.6 Å². The molecule has 6 aromatic heterocycles. The van der Waals surface area contributed by atoms with Crippen LogP contribution < -0.4 is 67.5 Å². The summed E-state index contributed by atoms with van der Waals surface area (Å²) < 4.78 is 86.7. The molecule has 1 unspecified atom stereocenters. The van der Waals surface area contributed by atoms with Crippen LogP contribution >= 0.6 is 0 Å². The average molecular weight is 2010 g/mol. The lowest BCUT2D eigenvalue weighted by Gasteiger charge is -2.14. The van der Waals surface area contributed by atoms with Crippen molar-refractivity contribution in [3.05, 3.63) is 354 Å². The van der Waals surface area contributed by atoms with E-state index >= 15 is 0 Å². The summed E-state index contributed by atoms with van der Waals surface area (Å²) in [5, 5.41) is 4.95. The van der Waals surface area contributed by atoms with E-state index in [9.17, 15) is 57.5 Å². The fourth-order valence-corrected chi connectivity index (χ4v) is 13.6. The quantitative estimate of drug-likeness (QED) is 0.0228. The third kappa shape index (κ3) is 30.7. The Morgan fingerprint density at radius 1 is 0.304 bits per heavy atom. The molecule has 6 heterocycles. The third-order valence-corrected chi connectivity index (χ3v) is 21.2. The van der Waals surface area contributed by atoms with Crippen molar-refractivity contribution in [2.24, 2.45) is 11.8 Å². The number of hydrogen-bond donors (Lipinski definition) is 1. The molecule has 1 N–H and O–H groups in total. The molecule has 36 heteroatoms. The molecule has 18 rings (SSSR count). The van der Waals surface area contributed by atoms with Crippen LogP contribution in [0.4, 0.5) is 24.0 Å². The number of fused-ring (bicyclic) bond motifs is 6. The van der Waals surface area contributed by atoms with Gasteiger partial charge in [0.25, 0.3) is 0 Å². The van der Waals surface area contributed by atoms with E-state index in [1.807, 2.05) is 26.8 Å². The van der Waals surface area contributed by atoms with Crippen LogP contribution in [0.2, 0.25) is 0 Å². The SMILES string of the molecule is CC(C)CCOC(=O)Oc1ccc(-c2nc3ccccc3c(=O)o2)cc1.CC(C)OC(=O)Oc1ccc(-c2nc3ccccc3c(=O)o2)cc1.CCCCC(CC)COC(=O)Oc1ccc(-c2nc3ccccc3c(=O)o2)cc1.CCCOC(=O)Oc1ccc(-c2nc3ccccc3c(=O)o2)cc1.CNC(=O)Oc1ccc(-c2nc3ccccc3c(=O)o2)cc1.COCC(=O)Oc1ccc(-c2nc3ccccc3c(=O)o2)cc1. The number of methoxy groups -OCH3 is 1. The predicted molar refractivity (Wildman–Crippen MR) is 548 cm³/mol. The Labute approximate surface area is 842 Å². The zero-order valence-electron chi connectivity index (χ0n) is 81.5. The standard InChI is InChI=1S/C23H25NO5.C20H19NO5.2C18H15NO5.C17H13NO5.C16H12N2O4/c1-3-5-8-16(4-2)15-27-23(26)28-18-13-11-17(12-14-18)21-24-20-10-7-6-9-19(20)22(25)29-21;1-13(2)11-12-24-20(23)25-15-9-7-14(8-10-15)18-21-17-6-4-3-5-16(17)19(22)26-18;1-11(2)22-18(21)23-13-9-7-12(8-10-13)16-19-15-6-4-3-5-14(15)17(20)24-16;1-2-11-22-18(21)23-13-9-7-12(8-10-13)16-19-15-6-4-3-5-14(15)17(20)24-16;1-21-10-15(19)22-12-8-6-11(7-9-12)16-18-14-5-3-2-4-13(14)17(20)23-16;1-17-16(20)21-11-8-6-10(7-9-11)14-18-13-5-3-2-4-12(13)15(19)22-14/h6-7,9-14,16H,3-5,8,15H2,1-2H3;3-10,13H,11-12H2,1-2H3;3-11H,1-2H3;3-10H,2,11H2,1H3;2-9H,10H2,1H3;2-9H,1H3,(H,17,20). The van der Waals surface area contributed by atoms with Gasteiger partial charge in [0.05, 0.1) is 91.3 Å². The molecular formula is C112H99N7O29. The van der Waals surface area contributed by atoms with E-state index in [1.165, 1.54) is 14.2 Å². The number of nitrogens with zero attached hydrogens (tertiary/aromatic N) is 6. The second-order valence-corrected chi connectivity index (χ2v) is 32.8. The monoisotopic (exact) mass is 2010 g/mol. The fourth-order valence-electron chi connectivity index (χ4n) is 13.6. The molecule has 1 atom stereocenters. The van der Waals surface area contributed by atoms with Gasteiger partial charge in [-0.1, -0.05) is 127 Å². The van der Waals surface area contributed by atoms with Gasteiger partial charge in [-0.2, -0.15) is 0 Å². The molecule has 0 saturated heterocycles. The van der Waals surface area contributed by atoms with E-state index in [4.69, 9.17) is 73.9 Å². The third-order valence-electron chi connectivity index (χ3n) is 21.2. The van der Waals surface area contributed by atoms with E-state index in [0.29, 0.717) is 165 Å². The van der Waals surface area contributed by atoms with Crippen LogP contribution in [0.5, 0.6) is 34.5 Å². The lowest BCUT2D eigenvalue weighted by Crippen LogP contribution is -2.21. The number of aromatic nitrogens is 6. The molecule has 0 radical (unpaired) electrons. The number of esters is 1. The maximum absolute atomic E-state index is 12.1. The summed E-state index contributed by atoms with van der Waals surface area (Å²) in [6.45, 7) is 14.6. The van der Waals surface area contributed by atoms with Gasteiger partial charge in [-0.15, -0.1) is 0 Å². The van der Waals surface area contributed by atoms with Gasteiger partial charge in [-0.25, -0.2) is 87.4 Å². The number of nitrogens with one attached hydrogen (secondary N) is 1. The van der Waals surface area contributed by atoms with Crippen molar-refractivity contribution < 1.29 is 107 Å². The number of amides is 1. The van der Waals surface area contributed by atoms with Crippen LogP contribution in [-0.2, 0) is 28.5 Å². The minimum absolute atomic E-state index is 0.122. The van der Waals surface area contributed by atoms with E-state index in [0.717, 1.165) is 38.5 Å². The number of carbonyl (C=O) groups excluding carboxylic acids is 6. The molecule has 0 saturated carbocycles. The zero-order valence-corrected chi connectivity index (χ0v) is 81.5. The average Bonchev–Trinajstić information content (AvgIpc) is 0.822. The Hall–Kier alpha value is -18.7. The first-order valence-electron chi connectivity index (χ1n) is 46.7. The minimum atomic E-state index is -0.770. The number of carbonyl (C=O) groups is 6. The first-order valence-corrected chi connectivity index (χ1v) is 46.7. The Morgan fingerprint density at radius 2 is 0.561 bits per heavy atom. The van der Waals surface area contributed by atoms with Crippen LogP contribution in [-0.4, -0.2) is 113 Å². The molecule has 12 aromatic carbocycles. The van der Waals surface area contributed by atoms with Gasteiger partial charge in [-0.05, 0) is 263 Å². The van der Waals surface area contributed by atoms with Crippen molar-refractivity contribution >= 4 is 102 Å². The Balaban J connectivity index is 0.000000149. The highest BCUT2D eigenvalue weighted by Gasteiger charge is 2.21. The molecule has 0 bridgehead atoms. The van der Waals surface area contributed by atoms with E-state index in [2.05, 4.69) is 53.8 Å². The lowest BCUT2D eigenvalue weighted by atomic mass is 10.0. The molecule has 1 amide bonds. The summed E-state index contributed by atoms with van der Waals surface area (Å²) in [7, 11) is 2.89. The number of para-hydroxylation sites is 6. The summed E-state index contributed by atoms with van der Waals surface area (Å²) in [6.07, 6.45) is 1.96. The molecule has 148 heavy (non-hydrogen) atoms. The van der Waals surface area contributed by atoms with Gasteiger partial charge in [-0.3, -0.25) is 0 Å². The van der Waals surface area contributed by atoms with Crippen molar-refractivity contribution in [1.29, 1.82) is 0 Å². The molecule has 0 spiro atoms. The fraction of sp³-hybridized carbons (Fsp3) is 0.196. The largest absolute Gasteiger partial charge is 0.514 e. The zero-order chi connectivity index (χ0) is 105. The number of rotatable bonds is 26. The normalized spacial score (nSPS) is 10.9. The van der Waals surface area contributed by atoms with Crippen molar-refractivity contribution in [3.63, 3.8) is 0 Å². The topological polar surface area (TPSA) is 475 Å². The summed E-state index contributed by atoms with van der Waals surface area (Å²) in [5.41, 5.74) is 4.37. The number of ether oxygens (including phenoxy) is 11. The first-order chi connectivity index (χ1) is 71.7. The maximum Gasteiger partial charge on any atom is 0.514 e. The molecule has 756 valence electrons. The number of unbranched alkanes of at least 4 members (excludes halogenated alkanes) is 1. The van der Waals surface area contributed by atoms with E-state index in [1.54, 1.807) is 299 Å². The molecule has 0 aliphatic carbocycles. The highest BCUT2D eigenvalue weighted by molar-refractivity contribution is 5.84. The van der Waals surface area contributed by atoms with Gasteiger partial charge >= 0.3 is 70.4 Å². The van der Waals surface area contributed by atoms with Crippen LogP contribution in [0.15, 0.2) is 346 Å². The Bertz CT molecular complexity index is 8030. The van der Waals surface area contributed by atoms with Gasteiger partial charge in [0.1, 0.15) is 41.1 Å². The first kappa shape index (κ1) is 107. The lowest BCUT2D eigenvalue weighted by molar-refractivity contribution is -0.138. The van der Waals surface area contributed by atoms with Crippen molar-refractivity contribution in [1.82, 2.24) is 35.2 Å². The summed E-state index contributed by atoms with van der Waals surface area (Å²) in [5.74, 6) is 3.68. The van der Waals surface area contributed by atoms with Crippen LogP contribution in [0.1, 0.15) is 87.0 Å². The summed E-state index contributed by atoms with van der Waals surface area (Å²) in [4.78, 5) is 167. The van der Waals surface area contributed by atoms with Crippen molar-refractivity contribution in [3.8, 4) is 103 Å². The highest BCUT2D eigenvalue weighted by Crippen LogP contribution is 2.31. The molecule has 0 aliphatic rings. The van der Waals surface area contributed by atoms with Gasteiger partial charge in [0, 0.05) is 47.5 Å². The summed E-state index contributed by atoms with van der Waals surface area (Å²) >= 11 is 0. The number of benzene rings is 12. The van der Waals surface area contributed by atoms with Gasteiger partial charge in [0.15, 0.2) is 0 Å². The predicted octanol–water partition coefficient (Wildman–Crippen LogP) is 22.5. The van der Waals surface area contributed by atoms with Gasteiger partial charge in [0.2, 0.25) is 35.3 Å². The van der Waals surface area contributed by atoms with Crippen LogP contribution in [0.3, 0.4) is 0 Å². The molecular weight excluding hydrogens is 1910 g/mol.